The number of thioether (sulfide) groups is 1. The second kappa shape index (κ2) is 7.65. The largest absolute Gasteiger partial charge is 0.321 e. The summed E-state index contributed by atoms with van der Waals surface area (Å²) < 4.78 is 2.23. The maximum absolute atomic E-state index is 3.53. The van der Waals surface area contributed by atoms with E-state index < -0.39 is 0 Å². The van der Waals surface area contributed by atoms with E-state index in [0.29, 0.717) is 0 Å². The van der Waals surface area contributed by atoms with E-state index >= 15 is 0 Å². The second-order valence-corrected chi connectivity index (χ2v) is 5.80. The van der Waals surface area contributed by atoms with Crippen molar-refractivity contribution in [3.8, 4) is 0 Å². The lowest BCUT2D eigenvalue weighted by molar-refractivity contribution is 1.09. The van der Waals surface area contributed by atoms with Gasteiger partial charge < -0.3 is 0 Å². The van der Waals surface area contributed by atoms with Crippen LogP contribution < -0.4 is 9.89 Å². The highest BCUT2D eigenvalue weighted by atomic mass is 32.2. The van der Waals surface area contributed by atoms with Gasteiger partial charge in [0.1, 0.15) is 17.1 Å². The number of para-hydroxylation sites is 3. The molecule has 0 spiro atoms. The van der Waals surface area contributed by atoms with Gasteiger partial charge in [0, 0.05) is 0 Å². The first kappa shape index (κ1) is 15.4. The van der Waals surface area contributed by atoms with Crippen LogP contribution in [0.5, 0.6) is 0 Å². The number of hydrogen-bond donors (Lipinski definition) is 1. The van der Waals surface area contributed by atoms with Gasteiger partial charge in [0.25, 0.3) is 0 Å². The molecule has 0 aliphatic rings. The summed E-state index contributed by atoms with van der Waals surface area (Å²) in [5.41, 5.74) is 3.34. The number of anilines is 1. The fourth-order valence-electron chi connectivity index (χ4n) is 2.38. The predicted octanol–water partition coefficient (Wildman–Crippen LogP) is 5.35. The van der Waals surface area contributed by atoms with Gasteiger partial charge in [0.05, 0.1) is 0 Å². The molecule has 1 N–H and O–H groups in total. The Kier molecular flexibility index (Phi) is 5.12. The first-order valence-corrected chi connectivity index (χ1v) is 8.74. The molecule has 3 rings (SSSR count). The van der Waals surface area contributed by atoms with Gasteiger partial charge in [-0.3, -0.25) is 0 Å². The van der Waals surface area contributed by atoms with Crippen molar-refractivity contribution in [2.24, 2.45) is 0 Å². The molecular formula is C20H19N2S+. The van der Waals surface area contributed by atoms with Crippen LogP contribution >= 0.6 is 11.8 Å². The molecule has 0 unspecified atom stereocenters. The van der Waals surface area contributed by atoms with Crippen molar-refractivity contribution in [3.63, 3.8) is 0 Å². The lowest BCUT2D eigenvalue weighted by Gasteiger charge is -2.11. The zero-order chi connectivity index (χ0) is 15.9. The van der Waals surface area contributed by atoms with Crippen molar-refractivity contribution < 1.29 is 0 Å². The third kappa shape index (κ3) is 3.82. The van der Waals surface area contributed by atoms with Gasteiger partial charge in [-0.2, -0.15) is 4.58 Å². The normalized spacial score (nSPS) is 10.1. The number of hydrogen-bond acceptors (Lipinski definition) is 1. The summed E-state index contributed by atoms with van der Waals surface area (Å²) in [7, 11) is 0. The van der Waals surface area contributed by atoms with Gasteiger partial charge in [0.2, 0.25) is 0 Å². The summed E-state index contributed by atoms with van der Waals surface area (Å²) in [6.07, 6.45) is 2.09. The molecule has 0 atom stereocenters. The molecule has 0 amide bonds. The van der Waals surface area contributed by atoms with E-state index in [1.807, 2.05) is 30.3 Å². The van der Waals surface area contributed by atoms with Crippen LogP contribution in [0.1, 0.15) is 0 Å². The van der Waals surface area contributed by atoms with E-state index in [1.165, 1.54) is 0 Å². The molecule has 114 valence electrons. The summed E-state index contributed by atoms with van der Waals surface area (Å²) in [5, 5.41) is 4.59. The number of nitrogens with zero attached hydrogens (tertiary/aromatic N) is 1. The van der Waals surface area contributed by atoms with Gasteiger partial charge in [-0.1, -0.05) is 54.6 Å². The highest BCUT2D eigenvalue weighted by Crippen LogP contribution is 2.23. The molecule has 3 aromatic rings. The summed E-state index contributed by atoms with van der Waals surface area (Å²) in [6, 6.07) is 31.1. The molecule has 0 aliphatic heterocycles. The Morgan fingerprint density at radius 3 is 1.57 bits per heavy atom. The fourth-order valence-corrected chi connectivity index (χ4v) is 2.99. The van der Waals surface area contributed by atoms with Crippen LogP contribution in [0.25, 0.3) is 0 Å². The predicted molar refractivity (Wildman–Crippen MR) is 103 cm³/mol. The molecule has 3 heteroatoms. The number of benzene rings is 3. The van der Waals surface area contributed by atoms with Crippen molar-refractivity contribution in [3.05, 3.63) is 91.0 Å². The molecule has 0 heterocycles. The summed E-state index contributed by atoms with van der Waals surface area (Å²) in [6.45, 7) is 0. The molecule has 0 radical (unpaired) electrons. The first-order chi connectivity index (χ1) is 11.4. The number of nitrogens with one attached hydrogen (secondary N) is 1. The lowest BCUT2D eigenvalue weighted by Crippen LogP contribution is -2.21. The lowest BCUT2D eigenvalue weighted by atomic mass is 10.2. The van der Waals surface area contributed by atoms with E-state index in [2.05, 4.69) is 76.8 Å². The average molecular weight is 319 g/mol. The molecule has 0 aromatic heterocycles. The standard InChI is InChI=1S/C20H18N2S/c1-23-20(21-17-11-5-2-6-12-17)22(18-13-7-3-8-14-18)19-15-9-4-10-16-19/h2-16H,1H3/p+1. The van der Waals surface area contributed by atoms with E-state index in [9.17, 15) is 0 Å². The van der Waals surface area contributed by atoms with Gasteiger partial charge in [-0.25, -0.2) is 5.32 Å². The molecule has 0 aliphatic carbocycles. The number of rotatable bonds is 3. The van der Waals surface area contributed by atoms with Gasteiger partial charge in [-0.05, 0) is 54.4 Å². The van der Waals surface area contributed by atoms with E-state index in [-0.39, 0.29) is 0 Å². The first-order valence-electron chi connectivity index (χ1n) is 7.52. The Morgan fingerprint density at radius 1 is 0.696 bits per heavy atom. The maximum Gasteiger partial charge on any atom is 0.321 e. The zero-order valence-corrected chi connectivity index (χ0v) is 13.8. The van der Waals surface area contributed by atoms with Gasteiger partial charge >= 0.3 is 5.17 Å². The topological polar surface area (TPSA) is 15.0 Å². The second-order valence-electron chi connectivity index (χ2n) is 5.01. The molecule has 0 bridgehead atoms. The van der Waals surface area contributed by atoms with Crippen molar-refractivity contribution in [2.75, 3.05) is 11.6 Å². The van der Waals surface area contributed by atoms with Crippen LogP contribution in [0.2, 0.25) is 0 Å². The summed E-state index contributed by atoms with van der Waals surface area (Å²) in [4.78, 5) is 0. The van der Waals surface area contributed by atoms with E-state index in [4.69, 9.17) is 0 Å². The Labute approximate surface area is 141 Å². The monoisotopic (exact) mass is 319 g/mol. The Morgan fingerprint density at radius 2 is 1.13 bits per heavy atom. The summed E-state index contributed by atoms with van der Waals surface area (Å²) >= 11 is 1.69. The minimum absolute atomic E-state index is 1.06. The zero-order valence-electron chi connectivity index (χ0n) is 13.0. The average Bonchev–Trinajstić information content (AvgIpc) is 2.64. The van der Waals surface area contributed by atoms with Gasteiger partial charge in [-0.15, -0.1) is 0 Å². The molecule has 23 heavy (non-hydrogen) atoms. The Balaban J connectivity index is 2.12. The van der Waals surface area contributed by atoms with E-state index in [0.717, 1.165) is 22.2 Å². The molecule has 0 saturated heterocycles. The Hall–Kier alpha value is -2.52. The van der Waals surface area contributed by atoms with Gasteiger partial charge in [0.15, 0.2) is 0 Å². The van der Waals surface area contributed by atoms with Crippen molar-refractivity contribution in [2.45, 2.75) is 0 Å². The highest BCUT2D eigenvalue weighted by molar-refractivity contribution is 8.13. The fraction of sp³-hybridized carbons (Fsp3) is 0.0500. The van der Waals surface area contributed by atoms with Crippen LogP contribution in [0.3, 0.4) is 0 Å². The maximum atomic E-state index is 3.53. The third-order valence-corrected chi connectivity index (χ3v) is 4.12. The molecule has 0 fully saturated rings. The van der Waals surface area contributed by atoms with Crippen molar-refractivity contribution in [1.29, 1.82) is 0 Å². The quantitative estimate of drug-likeness (QED) is 0.397. The van der Waals surface area contributed by atoms with Crippen LogP contribution in [0, 0.1) is 0 Å². The minimum Gasteiger partial charge on any atom is -0.234 e. The van der Waals surface area contributed by atoms with E-state index in [1.54, 1.807) is 11.8 Å². The molecular weight excluding hydrogens is 300 g/mol. The third-order valence-electron chi connectivity index (χ3n) is 3.45. The Bertz CT molecular complexity index is 727. The molecule has 2 nitrogen and oxygen atoms in total. The van der Waals surface area contributed by atoms with Crippen LogP contribution in [-0.4, -0.2) is 11.4 Å². The molecule has 3 aromatic carbocycles. The SMILES string of the molecule is CSC(Nc1ccccc1)=[N+](c1ccccc1)c1ccccc1. The van der Waals surface area contributed by atoms with Crippen molar-refractivity contribution in [1.82, 2.24) is 4.58 Å². The summed E-state index contributed by atoms with van der Waals surface area (Å²) in [5.74, 6) is 0. The molecule has 0 saturated carbocycles. The van der Waals surface area contributed by atoms with Crippen LogP contribution in [0.4, 0.5) is 17.1 Å². The smallest absolute Gasteiger partial charge is 0.234 e. The van der Waals surface area contributed by atoms with Crippen LogP contribution in [0.15, 0.2) is 91.0 Å². The number of amidine groups is 1. The van der Waals surface area contributed by atoms with Crippen LogP contribution in [-0.2, 0) is 0 Å². The minimum atomic E-state index is 1.06. The highest BCUT2D eigenvalue weighted by Gasteiger charge is 2.17. The van der Waals surface area contributed by atoms with Crippen molar-refractivity contribution >= 4 is 34.0 Å².